The molecular weight excluding hydrogens is 472 g/mol. The number of benzene rings is 1. The maximum atomic E-state index is 13.0. The molecule has 2 aliphatic rings. The van der Waals surface area contributed by atoms with Gasteiger partial charge in [0.25, 0.3) is 11.8 Å². The van der Waals surface area contributed by atoms with Crippen LogP contribution < -0.4 is 14.8 Å². The third-order valence-corrected chi connectivity index (χ3v) is 5.74. The summed E-state index contributed by atoms with van der Waals surface area (Å²) in [5.74, 6) is -1.31. The Labute approximate surface area is 187 Å². The lowest BCUT2D eigenvalue weighted by Gasteiger charge is -2.31. The topological polar surface area (TPSA) is 111 Å². The molecule has 0 aromatic heterocycles. The molecule has 0 spiro atoms. The molecule has 9 nitrogen and oxygen atoms in total. The van der Waals surface area contributed by atoms with Gasteiger partial charge in [-0.25, -0.2) is 9.59 Å². The third-order valence-electron chi connectivity index (χ3n) is 5.06. The molecule has 166 valence electrons. The van der Waals surface area contributed by atoms with Gasteiger partial charge in [0.2, 0.25) is 0 Å². The van der Waals surface area contributed by atoms with Crippen LogP contribution in [-0.2, 0) is 19.1 Å². The molecule has 1 saturated heterocycles. The van der Waals surface area contributed by atoms with E-state index in [1.807, 2.05) is 0 Å². The molecule has 1 aliphatic carbocycles. The first kappa shape index (κ1) is 22.8. The average molecular weight is 495 g/mol. The van der Waals surface area contributed by atoms with E-state index in [4.69, 9.17) is 14.2 Å². The lowest BCUT2D eigenvalue weighted by molar-refractivity contribution is -0.145. The second-order valence-corrected chi connectivity index (χ2v) is 7.90. The van der Waals surface area contributed by atoms with Gasteiger partial charge in [0, 0.05) is 10.5 Å². The van der Waals surface area contributed by atoms with Crippen molar-refractivity contribution in [2.24, 2.45) is 0 Å². The number of urea groups is 1. The van der Waals surface area contributed by atoms with Gasteiger partial charge >= 0.3 is 12.0 Å². The highest BCUT2D eigenvalue weighted by molar-refractivity contribution is 9.10. The molecule has 1 N–H and O–H groups in total. The van der Waals surface area contributed by atoms with Crippen LogP contribution >= 0.6 is 15.9 Å². The zero-order valence-corrected chi connectivity index (χ0v) is 18.8. The number of carbonyl (C=O) groups is 4. The predicted octanol–water partition coefficient (Wildman–Crippen LogP) is 2.80. The van der Waals surface area contributed by atoms with E-state index in [1.54, 1.807) is 19.1 Å². The zero-order valence-electron chi connectivity index (χ0n) is 17.2. The maximum Gasteiger partial charge on any atom is 0.344 e. The fourth-order valence-corrected chi connectivity index (χ4v) is 4.03. The average Bonchev–Trinajstić information content (AvgIpc) is 3.25. The minimum Gasteiger partial charge on any atom is -0.493 e. The van der Waals surface area contributed by atoms with Crippen molar-refractivity contribution in [1.29, 1.82) is 0 Å². The van der Waals surface area contributed by atoms with Crippen molar-refractivity contribution >= 4 is 45.8 Å². The summed E-state index contributed by atoms with van der Waals surface area (Å²) < 4.78 is 16.1. The van der Waals surface area contributed by atoms with Gasteiger partial charge < -0.3 is 14.2 Å². The second kappa shape index (κ2) is 9.95. The third kappa shape index (κ3) is 5.07. The van der Waals surface area contributed by atoms with Gasteiger partial charge in [-0.05, 0) is 43.5 Å². The molecule has 1 heterocycles. The van der Waals surface area contributed by atoms with Crippen molar-refractivity contribution in [1.82, 2.24) is 10.2 Å². The Morgan fingerprint density at radius 1 is 1.23 bits per heavy atom. The van der Waals surface area contributed by atoms with Crippen LogP contribution in [0.15, 0.2) is 22.2 Å². The van der Waals surface area contributed by atoms with Crippen molar-refractivity contribution in [2.75, 3.05) is 20.3 Å². The Balaban J connectivity index is 1.88. The highest BCUT2D eigenvalue weighted by Gasteiger charge is 2.40. The number of amides is 4. The van der Waals surface area contributed by atoms with Crippen molar-refractivity contribution in [3.8, 4) is 11.5 Å². The summed E-state index contributed by atoms with van der Waals surface area (Å²) in [4.78, 5) is 50.3. The first-order valence-corrected chi connectivity index (χ1v) is 10.7. The molecule has 1 aromatic carbocycles. The smallest absolute Gasteiger partial charge is 0.344 e. The van der Waals surface area contributed by atoms with Gasteiger partial charge in [-0.1, -0.05) is 28.8 Å². The van der Waals surface area contributed by atoms with E-state index in [9.17, 15) is 19.2 Å². The summed E-state index contributed by atoms with van der Waals surface area (Å²) >= 11 is 3.39. The molecule has 0 atom stereocenters. The van der Waals surface area contributed by atoms with E-state index >= 15 is 0 Å². The van der Waals surface area contributed by atoms with Gasteiger partial charge in [0.1, 0.15) is 5.57 Å². The van der Waals surface area contributed by atoms with Gasteiger partial charge in [-0.2, -0.15) is 0 Å². The number of hydrogen-bond donors (Lipinski definition) is 1. The molecule has 1 aromatic rings. The second-order valence-electron chi connectivity index (χ2n) is 7.05. The van der Waals surface area contributed by atoms with Gasteiger partial charge in [0.15, 0.2) is 18.1 Å². The summed E-state index contributed by atoms with van der Waals surface area (Å²) in [5.41, 5.74) is 0.328. The number of imide groups is 2. The summed E-state index contributed by atoms with van der Waals surface area (Å²) in [6, 6.07) is 2.24. The Kier molecular flexibility index (Phi) is 7.32. The van der Waals surface area contributed by atoms with Gasteiger partial charge in [0.05, 0.1) is 13.7 Å². The highest BCUT2D eigenvalue weighted by atomic mass is 79.9. The molecule has 4 amide bonds. The predicted molar refractivity (Wildman–Crippen MR) is 113 cm³/mol. The van der Waals surface area contributed by atoms with Crippen molar-refractivity contribution in [2.45, 2.75) is 38.6 Å². The molecule has 1 saturated carbocycles. The first-order chi connectivity index (χ1) is 14.8. The molecule has 0 radical (unpaired) electrons. The van der Waals surface area contributed by atoms with Gasteiger partial charge in [-0.3, -0.25) is 19.8 Å². The molecule has 0 bridgehead atoms. The van der Waals surface area contributed by atoms with Crippen LogP contribution in [0.1, 0.15) is 38.2 Å². The quantitative estimate of drug-likeness (QED) is 0.352. The Morgan fingerprint density at radius 2 is 1.94 bits per heavy atom. The number of carbonyl (C=O) groups excluding carboxylic acids is 4. The normalized spacial score (nSPS) is 18.4. The lowest BCUT2D eigenvalue weighted by atomic mass is 10.0. The van der Waals surface area contributed by atoms with Crippen LogP contribution in [0.2, 0.25) is 0 Å². The van der Waals surface area contributed by atoms with Crippen LogP contribution in [0.3, 0.4) is 0 Å². The lowest BCUT2D eigenvalue weighted by Crippen LogP contribution is -2.57. The Hall–Kier alpha value is -2.88. The van der Waals surface area contributed by atoms with E-state index < -0.39 is 23.8 Å². The maximum absolute atomic E-state index is 13.0. The van der Waals surface area contributed by atoms with E-state index in [0.29, 0.717) is 15.8 Å². The fourth-order valence-electron chi connectivity index (χ4n) is 3.59. The fraction of sp³-hybridized carbons (Fsp3) is 0.429. The monoisotopic (exact) mass is 494 g/mol. The number of esters is 1. The van der Waals surface area contributed by atoms with Crippen LogP contribution in [0.4, 0.5) is 4.79 Å². The molecule has 1 aliphatic heterocycles. The van der Waals surface area contributed by atoms with Crippen molar-refractivity contribution < 1.29 is 33.4 Å². The molecule has 31 heavy (non-hydrogen) atoms. The van der Waals surface area contributed by atoms with E-state index in [0.717, 1.165) is 30.6 Å². The number of methoxy groups -OCH3 is 1. The van der Waals surface area contributed by atoms with Crippen LogP contribution in [0, 0.1) is 0 Å². The summed E-state index contributed by atoms with van der Waals surface area (Å²) in [6.07, 6.45) is 4.72. The Bertz CT molecular complexity index is 938. The first-order valence-electron chi connectivity index (χ1n) is 9.92. The van der Waals surface area contributed by atoms with Crippen LogP contribution in [-0.4, -0.2) is 55.1 Å². The van der Waals surface area contributed by atoms with Crippen molar-refractivity contribution in [3.05, 3.63) is 27.7 Å². The molecule has 2 fully saturated rings. The summed E-state index contributed by atoms with van der Waals surface area (Å²) in [6.45, 7) is 1.64. The van der Waals surface area contributed by atoms with Crippen LogP contribution in [0.25, 0.3) is 6.08 Å². The number of barbiturate groups is 1. The SMILES string of the molecule is CCOC(=O)COc1cc(Br)c(/C=C2\C(=O)NC(=O)N(C3CCCC3)C2=O)cc1OC. The number of hydrogen-bond acceptors (Lipinski definition) is 7. The minimum absolute atomic E-state index is 0.144. The zero-order chi connectivity index (χ0) is 22.5. The number of rotatable bonds is 7. The van der Waals surface area contributed by atoms with Crippen molar-refractivity contribution in [3.63, 3.8) is 0 Å². The number of ether oxygens (including phenoxy) is 3. The Morgan fingerprint density at radius 3 is 2.58 bits per heavy atom. The van der Waals surface area contributed by atoms with Crippen LogP contribution in [0.5, 0.6) is 11.5 Å². The standard InChI is InChI=1S/C21H23BrN2O7/c1-3-30-18(25)11-31-17-10-15(22)12(9-16(17)29-2)8-14-19(26)23-21(28)24(20(14)27)13-6-4-5-7-13/h8-10,13H,3-7,11H2,1-2H3,(H,23,26,28)/b14-8+. The molecule has 0 unspecified atom stereocenters. The number of nitrogens with zero attached hydrogens (tertiary/aromatic N) is 1. The number of halogens is 1. The molecular formula is C21H23BrN2O7. The number of nitrogens with one attached hydrogen (secondary N) is 1. The molecule has 3 rings (SSSR count). The molecule has 10 heteroatoms. The highest BCUT2D eigenvalue weighted by Crippen LogP contribution is 2.35. The van der Waals surface area contributed by atoms with E-state index in [1.165, 1.54) is 13.2 Å². The summed E-state index contributed by atoms with van der Waals surface area (Å²) in [7, 11) is 1.43. The van der Waals surface area contributed by atoms with E-state index in [-0.39, 0.29) is 30.6 Å². The minimum atomic E-state index is -0.752. The summed E-state index contributed by atoms with van der Waals surface area (Å²) in [5, 5.41) is 2.25. The van der Waals surface area contributed by atoms with E-state index in [2.05, 4.69) is 21.2 Å². The largest absolute Gasteiger partial charge is 0.493 e. The van der Waals surface area contributed by atoms with Gasteiger partial charge in [-0.15, -0.1) is 0 Å².